The maximum atomic E-state index is 11.7. The Morgan fingerprint density at radius 1 is 1.53 bits per heavy atom. The third kappa shape index (κ3) is 2.92. The number of carbonyl (C=O) groups is 2. The maximum absolute atomic E-state index is 11.7. The van der Waals surface area contributed by atoms with Gasteiger partial charge in [-0.2, -0.15) is 0 Å². The molecule has 0 spiro atoms. The van der Waals surface area contributed by atoms with Gasteiger partial charge in [-0.25, -0.2) is 0 Å². The first-order valence-electron chi connectivity index (χ1n) is 5.59. The third-order valence-electron chi connectivity index (χ3n) is 2.94. The molecule has 2 N–H and O–H groups in total. The normalized spacial score (nSPS) is 29.2. The van der Waals surface area contributed by atoms with Crippen molar-refractivity contribution >= 4 is 11.8 Å². The molecule has 1 rings (SSSR count). The van der Waals surface area contributed by atoms with Crippen LogP contribution in [0.5, 0.6) is 0 Å². The number of ketones is 1. The van der Waals surface area contributed by atoms with Crippen LogP contribution in [0.4, 0.5) is 0 Å². The molecule has 0 heterocycles. The van der Waals surface area contributed by atoms with Crippen LogP contribution in [-0.2, 0) is 14.3 Å². The zero-order valence-corrected chi connectivity index (χ0v) is 10.2. The fourth-order valence-electron chi connectivity index (χ4n) is 2.11. The third-order valence-corrected chi connectivity index (χ3v) is 2.94. The van der Waals surface area contributed by atoms with E-state index < -0.39 is 36.5 Å². The Kier molecular flexibility index (Phi) is 4.42. The number of carbonyl (C=O) groups excluding carboxylic acids is 2. The van der Waals surface area contributed by atoms with Crippen molar-refractivity contribution in [3.63, 3.8) is 0 Å². The Balaban J connectivity index is 3.06. The molecule has 0 aromatic heterocycles. The van der Waals surface area contributed by atoms with E-state index in [0.717, 1.165) is 0 Å². The molecule has 3 atom stereocenters. The second kappa shape index (κ2) is 5.42. The van der Waals surface area contributed by atoms with Crippen molar-refractivity contribution in [3.8, 4) is 0 Å². The Morgan fingerprint density at radius 2 is 2.12 bits per heavy atom. The van der Waals surface area contributed by atoms with E-state index in [1.807, 2.05) is 13.8 Å². The lowest BCUT2D eigenvalue weighted by molar-refractivity contribution is -0.153. The molecule has 0 aromatic carbocycles. The SMILES string of the molecule is CC(=O)O[C@H]1C=C(CO)C(=O)[C@H](O)[C@H]1C(C)C. The summed E-state index contributed by atoms with van der Waals surface area (Å²) >= 11 is 0. The summed E-state index contributed by atoms with van der Waals surface area (Å²) in [5, 5.41) is 18.9. The topological polar surface area (TPSA) is 83.8 Å². The predicted molar refractivity (Wildman–Crippen MR) is 60.1 cm³/mol. The number of hydrogen-bond donors (Lipinski definition) is 2. The summed E-state index contributed by atoms with van der Waals surface area (Å²) in [5.41, 5.74) is 0.0978. The maximum Gasteiger partial charge on any atom is 0.303 e. The van der Waals surface area contributed by atoms with Gasteiger partial charge in [0.25, 0.3) is 0 Å². The molecular formula is C12H18O5. The fraction of sp³-hybridized carbons (Fsp3) is 0.667. The van der Waals surface area contributed by atoms with Gasteiger partial charge in [0.2, 0.25) is 0 Å². The molecule has 96 valence electrons. The average Bonchev–Trinajstić information content (AvgIpc) is 2.21. The van der Waals surface area contributed by atoms with Crippen molar-refractivity contribution in [2.75, 3.05) is 6.61 Å². The van der Waals surface area contributed by atoms with Gasteiger partial charge >= 0.3 is 5.97 Å². The lowest BCUT2D eigenvalue weighted by atomic mass is 9.77. The molecule has 17 heavy (non-hydrogen) atoms. The van der Waals surface area contributed by atoms with Gasteiger partial charge in [0.05, 0.1) is 6.61 Å². The van der Waals surface area contributed by atoms with Crippen LogP contribution in [0.1, 0.15) is 20.8 Å². The molecule has 0 aliphatic heterocycles. The Labute approximate surface area is 100 Å². The first-order chi connectivity index (χ1) is 7.88. The van der Waals surface area contributed by atoms with Crippen molar-refractivity contribution in [3.05, 3.63) is 11.6 Å². The Hall–Kier alpha value is -1.20. The fourth-order valence-corrected chi connectivity index (χ4v) is 2.11. The van der Waals surface area contributed by atoms with Gasteiger partial charge in [-0.1, -0.05) is 13.8 Å². The first-order valence-corrected chi connectivity index (χ1v) is 5.59. The Bertz CT molecular complexity index is 345. The van der Waals surface area contributed by atoms with Crippen molar-refractivity contribution < 1.29 is 24.5 Å². The van der Waals surface area contributed by atoms with Gasteiger partial charge in [-0.05, 0) is 12.0 Å². The molecule has 1 aliphatic rings. The van der Waals surface area contributed by atoms with E-state index in [9.17, 15) is 14.7 Å². The van der Waals surface area contributed by atoms with Crippen LogP contribution in [0.3, 0.4) is 0 Å². The number of hydrogen-bond acceptors (Lipinski definition) is 5. The van der Waals surface area contributed by atoms with Crippen molar-refractivity contribution in [1.29, 1.82) is 0 Å². The highest BCUT2D eigenvalue weighted by Gasteiger charge is 2.41. The molecule has 5 nitrogen and oxygen atoms in total. The molecule has 0 aromatic rings. The molecule has 0 saturated carbocycles. The van der Waals surface area contributed by atoms with Crippen LogP contribution in [0.15, 0.2) is 11.6 Å². The van der Waals surface area contributed by atoms with Crippen molar-refractivity contribution in [1.82, 2.24) is 0 Å². The van der Waals surface area contributed by atoms with Gasteiger partial charge in [0.1, 0.15) is 12.2 Å². The Morgan fingerprint density at radius 3 is 2.53 bits per heavy atom. The second-order valence-corrected chi connectivity index (χ2v) is 4.55. The number of ether oxygens (including phenoxy) is 1. The minimum absolute atomic E-state index is 0.0187. The zero-order valence-electron chi connectivity index (χ0n) is 10.2. The minimum atomic E-state index is -1.23. The zero-order chi connectivity index (χ0) is 13.2. The highest BCUT2D eigenvalue weighted by atomic mass is 16.5. The first kappa shape index (κ1) is 13.9. The molecule has 0 amide bonds. The van der Waals surface area contributed by atoms with E-state index in [0.29, 0.717) is 0 Å². The van der Waals surface area contributed by atoms with Crippen LogP contribution in [0.2, 0.25) is 0 Å². The number of aliphatic hydroxyl groups is 2. The smallest absolute Gasteiger partial charge is 0.303 e. The van der Waals surface area contributed by atoms with Gasteiger partial charge in [0, 0.05) is 18.4 Å². The van der Waals surface area contributed by atoms with E-state index in [4.69, 9.17) is 9.84 Å². The summed E-state index contributed by atoms with van der Waals surface area (Å²) in [6.07, 6.45) is -0.463. The average molecular weight is 242 g/mol. The molecule has 0 bridgehead atoms. The highest BCUT2D eigenvalue weighted by molar-refractivity contribution is 6.00. The monoisotopic (exact) mass is 242 g/mol. The standard InChI is InChI=1S/C12H18O5/c1-6(2)10-9(17-7(3)14)4-8(5-13)11(15)12(10)16/h4,6,9-10,12-13,16H,5H2,1-3H3/t9-,10-,12+/m0/s1. The molecule has 0 fully saturated rings. The highest BCUT2D eigenvalue weighted by Crippen LogP contribution is 2.30. The van der Waals surface area contributed by atoms with E-state index >= 15 is 0 Å². The lowest BCUT2D eigenvalue weighted by Gasteiger charge is -2.34. The van der Waals surface area contributed by atoms with Crippen molar-refractivity contribution in [2.45, 2.75) is 33.0 Å². The van der Waals surface area contributed by atoms with E-state index in [1.54, 1.807) is 0 Å². The van der Waals surface area contributed by atoms with E-state index in [1.165, 1.54) is 13.0 Å². The minimum Gasteiger partial charge on any atom is -0.458 e. The van der Waals surface area contributed by atoms with E-state index in [2.05, 4.69) is 0 Å². The van der Waals surface area contributed by atoms with Crippen molar-refractivity contribution in [2.24, 2.45) is 11.8 Å². The van der Waals surface area contributed by atoms with Crippen LogP contribution in [0, 0.1) is 11.8 Å². The van der Waals surface area contributed by atoms with Crippen LogP contribution >= 0.6 is 0 Å². The summed E-state index contributed by atoms with van der Waals surface area (Å²) in [4.78, 5) is 22.7. The molecular weight excluding hydrogens is 224 g/mol. The van der Waals surface area contributed by atoms with Crippen LogP contribution in [0.25, 0.3) is 0 Å². The number of esters is 1. The summed E-state index contributed by atoms with van der Waals surface area (Å²) in [5.74, 6) is -1.46. The molecule has 0 radical (unpaired) electrons. The summed E-state index contributed by atoms with van der Waals surface area (Å²) < 4.78 is 5.08. The summed E-state index contributed by atoms with van der Waals surface area (Å²) in [6, 6.07) is 0. The second-order valence-electron chi connectivity index (χ2n) is 4.55. The molecule has 0 saturated heterocycles. The van der Waals surface area contributed by atoms with Crippen LogP contribution in [-0.4, -0.2) is 40.8 Å². The van der Waals surface area contributed by atoms with E-state index in [-0.39, 0.29) is 11.5 Å². The predicted octanol–water partition coefficient (Wildman–Crippen LogP) is 0.0526. The van der Waals surface area contributed by atoms with Crippen LogP contribution < -0.4 is 0 Å². The van der Waals surface area contributed by atoms with Gasteiger partial charge in [0.15, 0.2) is 5.78 Å². The number of rotatable bonds is 3. The summed E-state index contributed by atoms with van der Waals surface area (Å²) in [7, 11) is 0. The molecule has 5 heteroatoms. The van der Waals surface area contributed by atoms with Gasteiger partial charge in [-0.15, -0.1) is 0 Å². The largest absolute Gasteiger partial charge is 0.458 e. The lowest BCUT2D eigenvalue weighted by Crippen LogP contribution is -2.46. The number of Topliss-reactive ketones (excluding diaryl/α,β-unsaturated/α-hetero) is 1. The van der Waals surface area contributed by atoms with Gasteiger partial charge in [-0.3, -0.25) is 9.59 Å². The quantitative estimate of drug-likeness (QED) is 0.683. The molecule has 1 aliphatic carbocycles. The molecule has 0 unspecified atom stereocenters. The summed E-state index contributed by atoms with van der Waals surface area (Å²) in [6.45, 7) is 4.50. The van der Waals surface area contributed by atoms with Gasteiger partial charge < -0.3 is 14.9 Å². The number of aliphatic hydroxyl groups excluding tert-OH is 2.